The lowest BCUT2D eigenvalue weighted by Gasteiger charge is -2.04. The number of carbonyl (C=O) groups is 2. The standard InChI is InChI=1S/C18H18N4O2S/c1-10-9-11(2)22(21-10)18-19-12(3)16(25-18)17(24)20-15-7-5-14(6-8-15)13(4)23/h5-9H,1-4H3,(H,20,24). The molecule has 0 fully saturated rings. The Kier molecular flexibility index (Phi) is 4.50. The van der Waals surface area contributed by atoms with E-state index in [0.717, 1.165) is 11.4 Å². The molecule has 6 nitrogen and oxygen atoms in total. The van der Waals surface area contributed by atoms with Gasteiger partial charge in [-0.3, -0.25) is 9.59 Å². The van der Waals surface area contributed by atoms with Crippen molar-refractivity contribution in [3.05, 3.63) is 57.9 Å². The summed E-state index contributed by atoms with van der Waals surface area (Å²) in [6.07, 6.45) is 0. The Bertz CT molecular complexity index is 954. The molecular weight excluding hydrogens is 336 g/mol. The Morgan fingerprint density at radius 2 is 1.80 bits per heavy atom. The van der Waals surface area contributed by atoms with Gasteiger partial charge in [0.2, 0.25) is 5.13 Å². The largest absolute Gasteiger partial charge is 0.321 e. The van der Waals surface area contributed by atoms with Crippen LogP contribution in [0, 0.1) is 20.8 Å². The monoisotopic (exact) mass is 354 g/mol. The number of aryl methyl sites for hydroxylation is 3. The van der Waals surface area contributed by atoms with Crippen molar-refractivity contribution < 1.29 is 9.59 Å². The summed E-state index contributed by atoms with van der Waals surface area (Å²) in [6, 6.07) is 8.78. The number of Topliss-reactive ketones (excluding diaryl/α,β-unsaturated/α-hetero) is 1. The number of nitrogens with one attached hydrogen (secondary N) is 1. The number of benzene rings is 1. The van der Waals surface area contributed by atoms with E-state index in [1.165, 1.54) is 18.3 Å². The maximum Gasteiger partial charge on any atom is 0.267 e. The van der Waals surface area contributed by atoms with Crippen LogP contribution in [0.3, 0.4) is 0 Å². The maximum absolute atomic E-state index is 12.6. The number of nitrogens with zero attached hydrogens (tertiary/aromatic N) is 3. The van der Waals surface area contributed by atoms with Gasteiger partial charge in [0.1, 0.15) is 4.88 Å². The number of anilines is 1. The molecule has 0 spiro atoms. The van der Waals surface area contributed by atoms with E-state index in [1.54, 1.807) is 35.9 Å². The minimum absolute atomic E-state index is 0.00861. The molecule has 7 heteroatoms. The lowest BCUT2D eigenvalue weighted by molar-refractivity contribution is 0.101. The molecule has 0 saturated carbocycles. The fraction of sp³-hybridized carbons (Fsp3) is 0.222. The van der Waals surface area contributed by atoms with Crippen LogP contribution in [0.4, 0.5) is 5.69 Å². The van der Waals surface area contributed by atoms with Gasteiger partial charge in [-0.2, -0.15) is 5.10 Å². The Morgan fingerprint density at radius 3 is 2.36 bits per heavy atom. The molecule has 0 aliphatic rings. The van der Waals surface area contributed by atoms with E-state index in [4.69, 9.17) is 0 Å². The molecule has 3 aromatic rings. The first kappa shape index (κ1) is 17.0. The summed E-state index contributed by atoms with van der Waals surface area (Å²) in [4.78, 5) is 28.9. The van der Waals surface area contributed by atoms with Gasteiger partial charge in [-0.15, -0.1) is 0 Å². The fourth-order valence-electron chi connectivity index (χ4n) is 2.48. The van der Waals surface area contributed by atoms with E-state index in [1.807, 2.05) is 19.9 Å². The average molecular weight is 354 g/mol. The van der Waals surface area contributed by atoms with E-state index in [2.05, 4.69) is 15.4 Å². The Labute approximate surface area is 149 Å². The summed E-state index contributed by atoms with van der Waals surface area (Å²) < 4.78 is 1.74. The third-order valence-electron chi connectivity index (χ3n) is 3.73. The summed E-state index contributed by atoms with van der Waals surface area (Å²) in [7, 11) is 0. The molecule has 0 bridgehead atoms. The van der Waals surface area contributed by atoms with Crippen molar-refractivity contribution >= 4 is 28.7 Å². The molecule has 0 unspecified atom stereocenters. The van der Waals surface area contributed by atoms with E-state index < -0.39 is 0 Å². The van der Waals surface area contributed by atoms with Crippen molar-refractivity contribution in [3.63, 3.8) is 0 Å². The molecule has 2 aromatic heterocycles. The van der Waals surface area contributed by atoms with Gasteiger partial charge in [0, 0.05) is 16.9 Å². The van der Waals surface area contributed by atoms with Crippen LogP contribution in [0.2, 0.25) is 0 Å². The topological polar surface area (TPSA) is 76.9 Å². The number of thiazole rings is 1. The van der Waals surface area contributed by atoms with Gasteiger partial charge in [0.15, 0.2) is 5.78 Å². The second-order valence-corrected chi connectivity index (χ2v) is 6.82. The second-order valence-electron chi connectivity index (χ2n) is 5.84. The summed E-state index contributed by atoms with van der Waals surface area (Å²) in [5, 5.41) is 7.91. The van der Waals surface area contributed by atoms with Gasteiger partial charge in [-0.05, 0) is 58.0 Å². The number of hydrogen-bond donors (Lipinski definition) is 1. The third-order valence-corrected chi connectivity index (χ3v) is 4.86. The summed E-state index contributed by atoms with van der Waals surface area (Å²) in [5.74, 6) is -0.232. The van der Waals surface area contributed by atoms with E-state index in [-0.39, 0.29) is 11.7 Å². The zero-order chi connectivity index (χ0) is 18.1. The first-order valence-electron chi connectivity index (χ1n) is 7.78. The van der Waals surface area contributed by atoms with Crippen LogP contribution < -0.4 is 5.32 Å². The molecule has 128 valence electrons. The smallest absolute Gasteiger partial charge is 0.267 e. The quantitative estimate of drug-likeness (QED) is 0.725. The Hall–Kier alpha value is -2.80. The minimum Gasteiger partial charge on any atom is -0.321 e. The first-order chi connectivity index (χ1) is 11.8. The summed E-state index contributed by atoms with van der Waals surface area (Å²) in [6.45, 7) is 7.18. The molecule has 0 radical (unpaired) electrons. The predicted octanol–water partition coefficient (Wildman–Crippen LogP) is 3.71. The Balaban J connectivity index is 1.83. The number of hydrogen-bond acceptors (Lipinski definition) is 5. The zero-order valence-electron chi connectivity index (χ0n) is 14.5. The Morgan fingerprint density at radius 1 is 1.12 bits per heavy atom. The van der Waals surface area contributed by atoms with Crippen molar-refractivity contribution in [1.29, 1.82) is 0 Å². The highest BCUT2D eigenvalue weighted by molar-refractivity contribution is 7.16. The van der Waals surface area contributed by atoms with Crippen LogP contribution in [0.5, 0.6) is 0 Å². The summed E-state index contributed by atoms with van der Waals surface area (Å²) >= 11 is 1.30. The molecule has 1 amide bonds. The highest BCUT2D eigenvalue weighted by Crippen LogP contribution is 2.24. The van der Waals surface area contributed by atoms with Crippen LogP contribution in [0.15, 0.2) is 30.3 Å². The maximum atomic E-state index is 12.6. The van der Waals surface area contributed by atoms with Gasteiger partial charge in [0.25, 0.3) is 5.91 Å². The van der Waals surface area contributed by atoms with Crippen molar-refractivity contribution in [1.82, 2.24) is 14.8 Å². The highest BCUT2D eigenvalue weighted by atomic mass is 32.1. The van der Waals surface area contributed by atoms with Crippen molar-refractivity contribution in [2.45, 2.75) is 27.7 Å². The van der Waals surface area contributed by atoms with Crippen LogP contribution in [-0.2, 0) is 0 Å². The van der Waals surface area contributed by atoms with Crippen LogP contribution in [0.25, 0.3) is 5.13 Å². The lowest BCUT2D eigenvalue weighted by atomic mass is 10.1. The van der Waals surface area contributed by atoms with E-state index in [0.29, 0.717) is 27.0 Å². The van der Waals surface area contributed by atoms with Crippen molar-refractivity contribution in [2.24, 2.45) is 0 Å². The predicted molar refractivity (Wildman–Crippen MR) is 97.8 cm³/mol. The average Bonchev–Trinajstić information content (AvgIpc) is 3.09. The molecule has 0 aliphatic heterocycles. The van der Waals surface area contributed by atoms with Gasteiger partial charge >= 0.3 is 0 Å². The number of carbonyl (C=O) groups excluding carboxylic acids is 2. The van der Waals surface area contributed by atoms with Crippen molar-refractivity contribution in [3.8, 4) is 5.13 Å². The van der Waals surface area contributed by atoms with Crippen LogP contribution in [-0.4, -0.2) is 26.5 Å². The third kappa shape index (κ3) is 3.51. The second kappa shape index (κ2) is 6.60. The van der Waals surface area contributed by atoms with Crippen LogP contribution in [0.1, 0.15) is 44.0 Å². The zero-order valence-corrected chi connectivity index (χ0v) is 15.3. The van der Waals surface area contributed by atoms with Gasteiger partial charge < -0.3 is 5.32 Å². The minimum atomic E-state index is -0.224. The molecular formula is C18H18N4O2S. The molecule has 2 heterocycles. The number of ketones is 1. The first-order valence-corrected chi connectivity index (χ1v) is 8.60. The molecule has 3 rings (SSSR count). The number of aromatic nitrogens is 3. The number of rotatable bonds is 4. The molecule has 1 N–H and O–H groups in total. The van der Waals surface area contributed by atoms with Crippen molar-refractivity contribution in [2.75, 3.05) is 5.32 Å². The van der Waals surface area contributed by atoms with Gasteiger partial charge in [-0.1, -0.05) is 11.3 Å². The molecule has 0 saturated heterocycles. The molecule has 1 aromatic carbocycles. The van der Waals surface area contributed by atoms with E-state index >= 15 is 0 Å². The number of amides is 1. The molecule has 0 aliphatic carbocycles. The highest BCUT2D eigenvalue weighted by Gasteiger charge is 2.18. The van der Waals surface area contributed by atoms with E-state index in [9.17, 15) is 9.59 Å². The summed E-state index contributed by atoms with van der Waals surface area (Å²) in [5.41, 5.74) is 3.78. The van der Waals surface area contributed by atoms with Crippen LogP contribution >= 0.6 is 11.3 Å². The van der Waals surface area contributed by atoms with Gasteiger partial charge in [-0.25, -0.2) is 9.67 Å². The molecule has 0 atom stereocenters. The fourth-order valence-corrected chi connectivity index (χ4v) is 3.46. The van der Waals surface area contributed by atoms with Gasteiger partial charge in [0.05, 0.1) is 11.4 Å². The normalized spacial score (nSPS) is 10.7. The molecule has 25 heavy (non-hydrogen) atoms. The SMILES string of the molecule is CC(=O)c1ccc(NC(=O)c2sc(-n3nc(C)cc3C)nc2C)cc1. The lowest BCUT2D eigenvalue weighted by Crippen LogP contribution is -2.11.